The van der Waals surface area contributed by atoms with Crippen LogP contribution in [0.25, 0.3) is 0 Å². The molecule has 2 amide bonds. The van der Waals surface area contributed by atoms with E-state index in [2.05, 4.69) is 5.32 Å². The van der Waals surface area contributed by atoms with Crippen molar-refractivity contribution < 1.29 is 9.90 Å². The zero-order chi connectivity index (χ0) is 13.7. The van der Waals surface area contributed by atoms with Gasteiger partial charge in [-0.3, -0.25) is 0 Å². The van der Waals surface area contributed by atoms with Gasteiger partial charge in [-0.25, -0.2) is 9.69 Å². The zero-order valence-electron chi connectivity index (χ0n) is 10.2. The number of nitrogens with zero attached hydrogens (tertiary/aromatic N) is 1. The number of rotatable bonds is 4. The van der Waals surface area contributed by atoms with E-state index in [9.17, 15) is 9.90 Å². The fourth-order valence-electron chi connectivity index (χ4n) is 1.73. The molecule has 2 aromatic rings. The summed E-state index contributed by atoms with van der Waals surface area (Å²) in [6, 6.07) is 17.1. The Morgan fingerprint density at radius 1 is 1.05 bits per heavy atom. The largest absolute Gasteiger partial charge is 0.356 e. The maximum atomic E-state index is 11.5. The van der Waals surface area contributed by atoms with Crippen LogP contribution in [0, 0.1) is 0 Å². The van der Waals surface area contributed by atoms with Gasteiger partial charge >= 0.3 is 6.03 Å². The molecule has 0 spiro atoms. The van der Waals surface area contributed by atoms with E-state index in [1.165, 1.54) is 0 Å². The minimum absolute atomic E-state index is 0.519. The third-order valence-corrected chi connectivity index (χ3v) is 2.59. The molecule has 0 aliphatic heterocycles. The van der Waals surface area contributed by atoms with Gasteiger partial charge in [-0.05, 0) is 24.3 Å². The highest BCUT2D eigenvalue weighted by atomic mass is 16.3. The van der Waals surface area contributed by atoms with Gasteiger partial charge in [0.1, 0.15) is 0 Å². The van der Waals surface area contributed by atoms with E-state index in [1.807, 2.05) is 24.3 Å². The van der Waals surface area contributed by atoms with E-state index in [1.54, 1.807) is 36.4 Å². The summed E-state index contributed by atoms with van der Waals surface area (Å²) in [7, 11) is 0. The number of amides is 2. The summed E-state index contributed by atoms with van der Waals surface area (Å²) >= 11 is 0. The first-order chi connectivity index (χ1) is 9.18. The molecule has 1 atom stereocenters. The number of carbonyl (C=O) groups is 1. The number of nitrogens with one attached hydrogen (secondary N) is 1. The van der Waals surface area contributed by atoms with Gasteiger partial charge in [0, 0.05) is 11.4 Å². The van der Waals surface area contributed by atoms with Crippen LogP contribution in [0.1, 0.15) is 0 Å². The van der Waals surface area contributed by atoms with Gasteiger partial charge < -0.3 is 16.2 Å². The van der Waals surface area contributed by atoms with E-state index in [-0.39, 0.29) is 0 Å². The Labute approximate surface area is 111 Å². The monoisotopic (exact) mass is 257 g/mol. The molecule has 0 aliphatic carbocycles. The lowest BCUT2D eigenvalue weighted by Gasteiger charge is -2.27. The van der Waals surface area contributed by atoms with Crippen molar-refractivity contribution in [2.75, 3.05) is 10.2 Å². The third kappa shape index (κ3) is 3.23. The molecule has 0 aromatic heterocycles. The van der Waals surface area contributed by atoms with Crippen LogP contribution >= 0.6 is 0 Å². The number of aliphatic hydroxyl groups is 1. The highest BCUT2D eigenvalue weighted by Gasteiger charge is 2.20. The van der Waals surface area contributed by atoms with Crippen molar-refractivity contribution in [3.05, 3.63) is 60.7 Å². The average Bonchev–Trinajstić information content (AvgIpc) is 2.40. The molecule has 0 saturated carbocycles. The number of benzene rings is 2. The average molecular weight is 257 g/mol. The van der Waals surface area contributed by atoms with Crippen molar-refractivity contribution in [3.8, 4) is 0 Å². The molecule has 0 heterocycles. The molecule has 2 aromatic carbocycles. The molecule has 5 nitrogen and oxygen atoms in total. The van der Waals surface area contributed by atoms with E-state index in [0.29, 0.717) is 11.4 Å². The van der Waals surface area contributed by atoms with Crippen LogP contribution in [-0.2, 0) is 0 Å². The van der Waals surface area contributed by atoms with E-state index in [0.717, 1.165) is 4.90 Å². The Bertz CT molecular complexity index is 531. The topological polar surface area (TPSA) is 78.6 Å². The smallest absolute Gasteiger partial charge is 0.322 e. The number of carbonyl (C=O) groups excluding carboxylic acids is 1. The maximum Gasteiger partial charge on any atom is 0.322 e. The van der Waals surface area contributed by atoms with Gasteiger partial charge in [0.25, 0.3) is 0 Å². The molecule has 0 saturated heterocycles. The minimum atomic E-state index is -1.23. The molecular weight excluding hydrogens is 242 g/mol. The van der Waals surface area contributed by atoms with Gasteiger partial charge in [0.2, 0.25) is 6.35 Å². The molecule has 2 rings (SSSR count). The maximum absolute atomic E-state index is 11.5. The van der Waals surface area contributed by atoms with Crippen molar-refractivity contribution >= 4 is 17.4 Å². The molecule has 0 bridgehead atoms. The number of primary amides is 1. The first kappa shape index (κ1) is 12.9. The lowest BCUT2D eigenvalue weighted by atomic mass is 10.3. The van der Waals surface area contributed by atoms with Crippen molar-refractivity contribution in [3.63, 3.8) is 0 Å². The fraction of sp³-hybridized carbons (Fsp3) is 0.0714. The number of aliphatic hydroxyl groups excluding tert-OH is 1. The molecule has 0 aliphatic rings. The Morgan fingerprint density at radius 3 is 2.11 bits per heavy atom. The van der Waals surface area contributed by atoms with E-state index in [4.69, 9.17) is 5.73 Å². The number of nitrogens with two attached hydrogens (primary N) is 1. The summed E-state index contributed by atoms with van der Waals surface area (Å²) in [4.78, 5) is 12.6. The van der Waals surface area contributed by atoms with Gasteiger partial charge in [-0.2, -0.15) is 0 Å². The summed E-state index contributed by atoms with van der Waals surface area (Å²) in [6.07, 6.45) is -1.23. The predicted octanol–water partition coefficient (Wildman–Crippen LogP) is 1.96. The molecule has 0 radical (unpaired) electrons. The van der Waals surface area contributed by atoms with Crippen LogP contribution in [0.2, 0.25) is 0 Å². The molecular formula is C14H15N3O2. The highest BCUT2D eigenvalue weighted by Crippen LogP contribution is 2.17. The van der Waals surface area contributed by atoms with Gasteiger partial charge in [0.15, 0.2) is 0 Å². The SMILES string of the molecule is NC(=O)N(c1ccccc1)C(O)Nc1ccccc1. The number of para-hydroxylation sites is 2. The second-order valence-electron chi connectivity index (χ2n) is 3.93. The molecule has 19 heavy (non-hydrogen) atoms. The lowest BCUT2D eigenvalue weighted by molar-refractivity contribution is 0.192. The summed E-state index contributed by atoms with van der Waals surface area (Å²) in [5, 5.41) is 12.9. The number of anilines is 2. The van der Waals surface area contributed by atoms with Crippen LogP contribution < -0.4 is 16.0 Å². The van der Waals surface area contributed by atoms with E-state index < -0.39 is 12.4 Å². The second-order valence-corrected chi connectivity index (χ2v) is 3.93. The summed E-state index contributed by atoms with van der Waals surface area (Å²) in [5.41, 5.74) is 6.52. The van der Waals surface area contributed by atoms with Crippen molar-refractivity contribution in [1.29, 1.82) is 0 Å². The van der Waals surface area contributed by atoms with Crippen LogP contribution in [0.4, 0.5) is 16.2 Å². The Morgan fingerprint density at radius 2 is 1.58 bits per heavy atom. The van der Waals surface area contributed by atoms with Crippen LogP contribution in [-0.4, -0.2) is 17.5 Å². The van der Waals surface area contributed by atoms with Crippen LogP contribution in [0.15, 0.2) is 60.7 Å². The summed E-state index contributed by atoms with van der Waals surface area (Å²) in [6.45, 7) is 0. The number of hydrogen-bond acceptors (Lipinski definition) is 3. The normalized spacial score (nSPS) is 11.6. The van der Waals surface area contributed by atoms with E-state index >= 15 is 0 Å². The Hall–Kier alpha value is -2.53. The third-order valence-electron chi connectivity index (χ3n) is 2.59. The lowest BCUT2D eigenvalue weighted by Crippen LogP contribution is -2.47. The molecule has 0 fully saturated rings. The quantitative estimate of drug-likeness (QED) is 0.732. The summed E-state index contributed by atoms with van der Waals surface area (Å²) < 4.78 is 0. The molecule has 4 N–H and O–H groups in total. The number of urea groups is 1. The fourth-order valence-corrected chi connectivity index (χ4v) is 1.73. The predicted molar refractivity (Wildman–Crippen MR) is 74.6 cm³/mol. The van der Waals surface area contributed by atoms with Crippen molar-refractivity contribution in [2.24, 2.45) is 5.73 Å². The first-order valence-corrected chi connectivity index (χ1v) is 5.82. The molecule has 98 valence electrons. The second kappa shape index (κ2) is 5.88. The van der Waals surface area contributed by atoms with Crippen molar-refractivity contribution in [1.82, 2.24) is 0 Å². The summed E-state index contributed by atoms with van der Waals surface area (Å²) in [5.74, 6) is 0. The minimum Gasteiger partial charge on any atom is -0.356 e. The van der Waals surface area contributed by atoms with Gasteiger partial charge in [-0.1, -0.05) is 36.4 Å². The highest BCUT2D eigenvalue weighted by molar-refractivity contribution is 5.91. The van der Waals surface area contributed by atoms with Gasteiger partial charge in [-0.15, -0.1) is 0 Å². The van der Waals surface area contributed by atoms with Crippen molar-refractivity contribution in [2.45, 2.75) is 6.35 Å². The number of hydrogen-bond donors (Lipinski definition) is 3. The zero-order valence-corrected chi connectivity index (χ0v) is 10.2. The van der Waals surface area contributed by atoms with Gasteiger partial charge in [0.05, 0.1) is 0 Å². The van der Waals surface area contributed by atoms with Crippen LogP contribution in [0.3, 0.4) is 0 Å². The first-order valence-electron chi connectivity index (χ1n) is 5.82. The van der Waals surface area contributed by atoms with Crippen LogP contribution in [0.5, 0.6) is 0 Å². The molecule has 1 unspecified atom stereocenters. The molecule has 5 heteroatoms. The Balaban J connectivity index is 2.18. The Kier molecular flexibility index (Phi) is 4.00. The standard InChI is InChI=1S/C14H15N3O2/c15-13(18)17(12-9-5-2-6-10-12)14(19)16-11-7-3-1-4-8-11/h1-10,14,16,19H,(H2,15,18).